The van der Waals surface area contributed by atoms with Gasteiger partial charge in [-0.3, -0.25) is 4.79 Å². The van der Waals surface area contributed by atoms with Crippen LogP contribution in [-0.2, 0) is 4.74 Å². The van der Waals surface area contributed by atoms with E-state index < -0.39 is 0 Å². The third-order valence-electron chi connectivity index (χ3n) is 2.89. The summed E-state index contributed by atoms with van der Waals surface area (Å²) < 4.78 is 17.9. The number of thiazole rings is 1. The number of nitrogens with one attached hydrogen (secondary N) is 2. The zero-order chi connectivity index (χ0) is 16.1. The molecular formula is C15H18FN3O2S. The Morgan fingerprint density at radius 1 is 1.41 bits per heavy atom. The van der Waals surface area contributed by atoms with Gasteiger partial charge in [0, 0.05) is 18.8 Å². The van der Waals surface area contributed by atoms with E-state index in [-0.39, 0.29) is 17.8 Å². The first-order valence-electron chi connectivity index (χ1n) is 6.79. The summed E-state index contributed by atoms with van der Waals surface area (Å²) in [6.45, 7) is 4.10. The summed E-state index contributed by atoms with van der Waals surface area (Å²) in [5, 5.41) is 6.50. The van der Waals surface area contributed by atoms with Crippen molar-refractivity contribution in [2.45, 2.75) is 19.9 Å². The molecule has 22 heavy (non-hydrogen) atoms. The van der Waals surface area contributed by atoms with Crippen molar-refractivity contribution in [3.63, 3.8) is 0 Å². The number of ether oxygens (including phenoxy) is 1. The van der Waals surface area contributed by atoms with Crippen LogP contribution in [0.4, 0.5) is 15.2 Å². The molecule has 0 radical (unpaired) electrons. The predicted octanol–water partition coefficient (Wildman–Crippen LogP) is 3.10. The Labute approximate surface area is 132 Å². The summed E-state index contributed by atoms with van der Waals surface area (Å²) in [7, 11) is 1.59. The Hall–Kier alpha value is -1.99. The molecule has 0 aliphatic heterocycles. The van der Waals surface area contributed by atoms with Crippen LogP contribution in [0.25, 0.3) is 0 Å². The van der Waals surface area contributed by atoms with E-state index in [1.807, 2.05) is 6.92 Å². The summed E-state index contributed by atoms with van der Waals surface area (Å²) in [5.74, 6) is -0.472. The fourth-order valence-electron chi connectivity index (χ4n) is 1.90. The van der Waals surface area contributed by atoms with Crippen LogP contribution in [0.3, 0.4) is 0 Å². The highest BCUT2D eigenvalue weighted by Gasteiger charge is 2.17. The summed E-state index contributed by atoms with van der Waals surface area (Å²) in [4.78, 5) is 17.1. The molecule has 1 unspecified atom stereocenters. The molecule has 118 valence electrons. The smallest absolute Gasteiger partial charge is 0.263 e. The van der Waals surface area contributed by atoms with E-state index in [0.717, 1.165) is 5.69 Å². The van der Waals surface area contributed by atoms with Gasteiger partial charge in [-0.15, -0.1) is 0 Å². The molecule has 2 rings (SSSR count). The number of amides is 1. The highest BCUT2D eigenvalue weighted by Crippen LogP contribution is 2.25. The second kappa shape index (κ2) is 7.33. The van der Waals surface area contributed by atoms with Gasteiger partial charge in [-0.1, -0.05) is 11.3 Å². The van der Waals surface area contributed by atoms with Crippen LogP contribution in [0.5, 0.6) is 0 Å². The van der Waals surface area contributed by atoms with E-state index in [4.69, 9.17) is 4.74 Å². The fraction of sp³-hybridized carbons (Fsp3) is 0.333. The number of hydrogen-bond acceptors (Lipinski definition) is 5. The maximum atomic E-state index is 12.9. The lowest BCUT2D eigenvalue weighted by atomic mass is 10.3. The molecule has 0 aliphatic carbocycles. The van der Waals surface area contributed by atoms with Gasteiger partial charge in [0.1, 0.15) is 10.7 Å². The van der Waals surface area contributed by atoms with Gasteiger partial charge in [-0.25, -0.2) is 9.37 Å². The second-order valence-corrected chi connectivity index (χ2v) is 5.89. The molecule has 1 aromatic carbocycles. The highest BCUT2D eigenvalue weighted by molar-refractivity contribution is 7.17. The Kier molecular flexibility index (Phi) is 5.46. The third-order valence-corrected chi connectivity index (χ3v) is 3.96. The van der Waals surface area contributed by atoms with Crippen LogP contribution in [-0.4, -0.2) is 30.6 Å². The van der Waals surface area contributed by atoms with Crippen molar-refractivity contribution in [3.05, 3.63) is 40.7 Å². The minimum atomic E-state index is -0.298. The number of anilines is 2. The molecule has 2 aromatic rings. The van der Waals surface area contributed by atoms with E-state index in [0.29, 0.717) is 22.3 Å². The molecule has 1 aromatic heterocycles. The molecule has 1 atom stereocenters. The van der Waals surface area contributed by atoms with Gasteiger partial charge in [-0.05, 0) is 38.1 Å². The molecule has 2 N–H and O–H groups in total. The van der Waals surface area contributed by atoms with Crippen LogP contribution in [0.15, 0.2) is 24.3 Å². The zero-order valence-electron chi connectivity index (χ0n) is 12.6. The predicted molar refractivity (Wildman–Crippen MR) is 85.3 cm³/mol. The minimum absolute atomic E-state index is 0.0764. The number of carbonyl (C=O) groups is 1. The van der Waals surface area contributed by atoms with Crippen molar-refractivity contribution in [1.29, 1.82) is 0 Å². The number of nitrogens with zero attached hydrogens (tertiary/aromatic N) is 1. The number of benzene rings is 1. The molecule has 0 spiro atoms. The second-order valence-electron chi connectivity index (χ2n) is 4.90. The SMILES string of the molecule is COCC(C)NC(=O)c1sc(Nc2ccc(F)cc2)nc1C. The summed E-state index contributed by atoms with van der Waals surface area (Å²) in [6.07, 6.45) is 0. The largest absolute Gasteiger partial charge is 0.383 e. The van der Waals surface area contributed by atoms with Gasteiger partial charge in [0.25, 0.3) is 5.91 Å². The molecular weight excluding hydrogens is 305 g/mol. The minimum Gasteiger partial charge on any atom is -0.383 e. The average Bonchev–Trinajstić information content (AvgIpc) is 2.82. The van der Waals surface area contributed by atoms with Crippen LogP contribution >= 0.6 is 11.3 Å². The van der Waals surface area contributed by atoms with Crippen molar-refractivity contribution in [1.82, 2.24) is 10.3 Å². The average molecular weight is 323 g/mol. The lowest BCUT2D eigenvalue weighted by Crippen LogP contribution is -2.35. The summed E-state index contributed by atoms with van der Waals surface area (Å²) in [5.41, 5.74) is 1.37. The molecule has 5 nitrogen and oxygen atoms in total. The van der Waals surface area contributed by atoms with Gasteiger partial charge in [-0.2, -0.15) is 0 Å². The van der Waals surface area contributed by atoms with Crippen molar-refractivity contribution in [2.75, 3.05) is 19.0 Å². The van der Waals surface area contributed by atoms with Crippen LogP contribution in [0, 0.1) is 12.7 Å². The van der Waals surface area contributed by atoms with Crippen LogP contribution in [0.1, 0.15) is 22.3 Å². The Bertz CT molecular complexity index is 643. The summed E-state index contributed by atoms with van der Waals surface area (Å²) in [6, 6.07) is 5.89. The zero-order valence-corrected chi connectivity index (χ0v) is 13.5. The Balaban J connectivity index is 2.07. The van der Waals surface area contributed by atoms with Gasteiger partial charge in [0.05, 0.1) is 12.3 Å². The summed E-state index contributed by atoms with van der Waals surface area (Å²) >= 11 is 1.26. The van der Waals surface area contributed by atoms with E-state index in [2.05, 4.69) is 15.6 Å². The maximum Gasteiger partial charge on any atom is 0.263 e. The van der Waals surface area contributed by atoms with Crippen molar-refractivity contribution < 1.29 is 13.9 Å². The maximum absolute atomic E-state index is 12.9. The first kappa shape index (κ1) is 16.4. The van der Waals surface area contributed by atoms with E-state index in [1.165, 1.54) is 23.5 Å². The topological polar surface area (TPSA) is 63.2 Å². The van der Waals surface area contributed by atoms with E-state index in [1.54, 1.807) is 26.2 Å². The molecule has 1 amide bonds. The molecule has 0 saturated heterocycles. The fourth-order valence-corrected chi connectivity index (χ4v) is 2.79. The number of methoxy groups -OCH3 is 1. The number of aromatic nitrogens is 1. The molecule has 7 heteroatoms. The number of carbonyl (C=O) groups excluding carboxylic acids is 1. The number of aryl methyl sites for hydroxylation is 1. The monoisotopic (exact) mass is 323 g/mol. The standard InChI is InChI=1S/C15H18FN3O2S/c1-9(8-21-3)17-14(20)13-10(2)18-15(22-13)19-12-6-4-11(16)5-7-12/h4-7,9H,8H2,1-3H3,(H,17,20)(H,18,19). The van der Waals surface area contributed by atoms with Crippen LogP contribution < -0.4 is 10.6 Å². The number of rotatable bonds is 6. The van der Waals surface area contributed by atoms with Crippen molar-refractivity contribution in [3.8, 4) is 0 Å². The van der Waals surface area contributed by atoms with E-state index >= 15 is 0 Å². The molecule has 1 heterocycles. The Morgan fingerprint density at radius 2 is 2.09 bits per heavy atom. The first-order chi connectivity index (χ1) is 10.5. The lowest BCUT2D eigenvalue weighted by molar-refractivity contribution is 0.0909. The van der Waals surface area contributed by atoms with E-state index in [9.17, 15) is 9.18 Å². The van der Waals surface area contributed by atoms with Crippen LogP contribution in [0.2, 0.25) is 0 Å². The molecule has 0 aliphatic rings. The van der Waals surface area contributed by atoms with Gasteiger partial charge >= 0.3 is 0 Å². The Morgan fingerprint density at radius 3 is 2.73 bits per heavy atom. The molecule has 0 bridgehead atoms. The van der Waals surface area contributed by atoms with Gasteiger partial charge in [0.15, 0.2) is 5.13 Å². The number of halogens is 1. The van der Waals surface area contributed by atoms with Gasteiger partial charge in [0.2, 0.25) is 0 Å². The molecule has 0 fully saturated rings. The normalized spacial score (nSPS) is 12.0. The lowest BCUT2D eigenvalue weighted by Gasteiger charge is -2.11. The van der Waals surface area contributed by atoms with Crippen molar-refractivity contribution in [2.24, 2.45) is 0 Å². The first-order valence-corrected chi connectivity index (χ1v) is 7.61. The molecule has 0 saturated carbocycles. The highest BCUT2D eigenvalue weighted by atomic mass is 32.1. The number of hydrogen-bond donors (Lipinski definition) is 2. The van der Waals surface area contributed by atoms with Crippen molar-refractivity contribution >= 4 is 28.1 Å². The van der Waals surface area contributed by atoms with Gasteiger partial charge < -0.3 is 15.4 Å². The third kappa shape index (κ3) is 4.25. The quantitative estimate of drug-likeness (QED) is 0.857.